The van der Waals surface area contributed by atoms with E-state index in [-0.39, 0.29) is 0 Å². The lowest BCUT2D eigenvalue weighted by molar-refractivity contribution is -0.123. The van der Waals surface area contributed by atoms with Gasteiger partial charge >= 0.3 is 0 Å². The van der Waals surface area contributed by atoms with Crippen LogP contribution < -0.4 is 0 Å². The Kier molecular flexibility index (Phi) is 6.31. The Morgan fingerprint density at radius 1 is 1.58 bits per heavy atom. The highest BCUT2D eigenvalue weighted by Gasteiger charge is 2.26. The molecule has 72 valence electrons. The van der Waals surface area contributed by atoms with Crippen molar-refractivity contribution in [2.45, 2.75) is 18.3 Å². The van der Waals surface area contributed by atoms with E-state index in [0.29, 0.717) is 6.29 Å². The van der Waals surface area contributed by atoms with E-state index < -0.39 is 24.9 Å². The van der Waals surface area contributed by atoms with Gasteiger partial charge in [0.15, 0.2) is 12.4 Å². The minimum Gasteiger partial charge on any atom is -0.394 e. The van der Waals surface area contributed by atoms with E-state index in [4.69, 9.17) is 19.5 Å². The maximum Gasteiger partial charge on any atom is 0.156 e. The van der Waals surface area contributed by atoms with Crippen LogP contribution in [0.1, 0.15) is 0 Å². The van der Waals surface area contributed by atoms with E-state index in [1.807, 2.05) is 0 Å². The van der Waals surface area contributed by atoms with Crippen LogP contribution in [0, 0.1) is 0 Å². The van der Waals surface area contributed by atoms with Gasteiger partial charge in [-0.25, -0.2) is 0 Å². The monoisotopic (exact) mass is 196 g/mol. The number of aliphatic hydroxyl groups excluding tert-OH is 3. The van der Waals surface area contributed by atoms with Crippen LogP contribution in [-0.2, 0) is 8.98 Å². The molecule has 12 heavy (non-hydrogen) atoms. The SMILES string of the molecule is CSO[C@@H](C=O)[C@H](O)[C@H](O)CO. The summed E-state index contributed by atoms with van der Waals surface area (Å²) in [5, 5.41) is 26.5. The average molecular weight is 196 g/mol. The van der Waals surface area contributed by atoms with E-state index in [0.717, 1.165) is 12.0 Å². The second-order valence-corrected chi connectivity index (χ2v) is 2.63. The molecule has 0 radical (unpaired) electrons. The summed E-state index contributed by atoms with van der Waals surface area (Å²) in [4.78, 5) is 10.3. The number of aliphatic hydroxyl groups is 3. The molecule has 0 aromatic rings. The number of carbonyl (C=O) groups is 1. The first-order valence-corrected chi connectivity index (χ1v) is 4.44. The third-order valence-corrected chi connectivity index (χ3v) is 1.67. The number of aldehydes is 1. The van der Waals surface area contributed by atoms with E-state index in [1.165, 1.54) is 0 Å². The third kappa shape index (κ3) is 3.51. The summed E-state index contributed by atoms with van der Waals surface area (Å²) >= 11 is 0.907. The number of carbonyl (C=O) groups excluding carboxylic acids is 1. The summed E-state index contributed by atoms with van der Waals surface area (Å²) in [5.41, 5.74) is 0. The van der Waals surface area contributed by atoms with Crippen LogP contribution >= 0.6 is 12.0 Å². The van der Waals surface area contributed by atoms with Gasteiger partial charge in [-0.15, -0.1) is 0 Å². The topological polar surface area (TPSA) is 87.0 Å². The highest BCUT2D eigenvalue weighted by molar-refractivity contribution is 7.93. The average Bonchev–Trinajstić information content (AvgIpc) is 2.11. The summed E-state index contributed by atoms with van der Waals surface area (Å²) in [5.74, 6) is 0. The molecular weight excluding hydrogens is 184 g/mol. The first-order valence-electron chi connectivity index (χ1n) is 3.29. The lowest BCUT2D eigenvalue weighted by atomic mass is 10.1. The normalized spacial score (nSPS) is 18.3. The van der Waals surface area contributed by atoms with Crippen LogP contribution in [0.5, 0.6) is 0 Å². The van der Waals surface area contributed by atoms with Gasteiger partial charge in [-0.05, 0) is 12.0 Å². The van der Waals surface area contributed by atoms with E-state index in [2.05, 4.69) is 0 Å². The molecule has 6 heteroatoms. The summed E-state index contributed by atoms with van der Waals surface area (Å²) < 4.78 is 4.70. The van der Waals surface area contributed by atoms with Crippen molar-refractivity contribution < 1.29 is 24.3 Å². The number of rotatable bonds is 6. The summed E-state index contributed by atoms with van der Waals surface area (Å²) in [7, 11) is 0. The molecule has 0 bridgehead atoms. The molecule has 3 N–H and O–H groups in total. The maximum absolute atomic E-state index is 10.3. The van der Waals surface area contributed by atoms with Crippen LogP contribution in [-0.4, -0.2) is 52.8 Å². The zero-order chi connectivity index (χ0) is 9.56. The Balaban J connectivity index is 4.00. The molecule has 0 aliphatic carbocycles. The minimum absolute atomic E-state index is 0.375. The molecular formula is C6H12O5S. The molecule has 0 fully saturated rings. The fourth-order valence-corrected chi connectivity index (χ4v) is 0.980. The smallest absolute Gasteiger partial charge is 0.156 e. The molecule has 0 rings (SSSR count). The predicted octanol–water partition coefficient (Wildman–Crippen LogP) is -1.44. The van der Waals surface area contributed by atoms with Crippen molar-refractivity contribution in [2.75, 3.05) is 12.9 Å². The Morgan fingerprint density at radius 3 is 2.50 bits per heavy atom. The summed E-state index contributed by atoms with van der Waals surface area (Å²) in [6.45, 7) is -0.608. The van der Waals surface area contributed by atoms with Crippen molar-refractivity contribution in [3.8, 4) is 0 Å². The third-order valence-electron chi connectivity index (χ3n) is 1.26. The molecule has 3 atom stereocenters. The molecule has 0 spiro atoms. The van der Waals surface area contributed by atoms with Gasteiger partial charge in [-0.3, -0.25) is 0 Å². The summed E-state index contributed by atoms with van der Waals surface area (Å²) in [6.07, 6.45) is -1.90. The largest absolute Gasteiger partial charge is 0.394 e. The van der Waals surface area contributed by atoms with E-state index in [1.54, 1.807) is 6.26 Å². The van der Waals surface area contributed by atoms with Gasteiger partial charge in [0.25, 0.3) is 0 Å². The van der Waals surface area contributed by atoms with Crippen molar-refractivity contribution in [1.29, 1.82) is 0 Å². The van der Waals surface area contributed by atoms with Crippen LogP contribution in [0.4, 0.5) is 0 Å². The quantitative estimate of drug-likeness (QED) is 0.356. The molecule has 0 aliphatic heterocycles. The van der Waals surface area contributed by atoms with Crippen molar-refractivity contribution >= 4 is 18.3 Å². The standard InChI is InChI=1S/C6H12O5S/c1-12-11-5(3-8)6(10)4(9)2-7/h3-7,9-10H,2H2,1H3/t4-,5+,6-/m1/s1. The minimum atomic E-state index is -1.39. The maximum atomic E-state index is 10.3. The van der Waals surface area contributed by atoms with Crippen LogP contribution in [0.25, 0.3) is 0 Å². The van der Waals surface area contributed by atoms with Gasteiger partial charge in [-0.1, -0.05) is 0 Å². The fraction of sp³-hybridized carbons (Fsp3) is 0.833. The summed E-state index contributed by atoms with van der Waals surface area (Å²) in [6, 6.07) is 0. The highest BCUT2D eigenvalue weighted by atomic mass is 32.2. The van der Waals surface area contributed by atoms with E-state index >= 15 is 0 Å². The first-order chi connectivity index (χ1) is 5.67. The van der Waals surface area contributed by atoms with Crippen LogP contribution in [0.3, 0.4) is 0 Å². The Labute approximate surface area is 74.6 Å². The molecule has 0 unspecified atom stereocenters. The fourth-order valence-electron chi connectivity index (χ4n) is 0.598. The molecule has 0 saturated heterocycles. The van der Waals surface area contributed by atoms with Gasteiger partial charge in [0.2, 0.25) is 0 Å². The van der Waals surface area contributed by atoms with Crippen molar-refractivity contribution in [1.82, 2.24) is 0 Å². The lowest BCUT2D eigenvalue weighted by Crippen LogP contribution is -2.40. The zero-order valence-corrected chi connectivity index (χ0v) is 7.40. The number of hydrogen-bond acceptors (Lipinski definition) is 6. The van der Waals surface area contributed by atoms with E-state index in [9.17, 15) is 4.79 Å². The Hall–Kier alpha value is -0.140. The molecule has 5 nitrogen and oxygen atoms in total. The van der Waals surface area contributed by atoms with Gasteiger partial charge in [-0.2, -0.15) is 0 Å². The van der Waals surface area contributed by atoms with Gasteiger partial charge in [0.1, 0.15) is 12.2 Å². The number of hydrogen-bond donors (Lipinski definition) is 3. The van der Waals surface area contributed by atoms with Gasteiger partial charge in [0.05, 0.1) is 6.61 Å². The lowest BCUT2D eigenvalue weighted by Gasteiger charge is -2.19. The highest BCUT2D eigenvalue weighted by Crippen LogP contribution is 2.08. The van der Waals surface area contributed by atoms with Crippen LogP contribution in [0.15, 0.2) is 0 Å². The van der Waals surface area contributed by atoms with Crippen molar-refractivity contribution in [3.05, 3.63) is 0 Å². The zero-order valence-electron chi connectivity index (χ0n) is 6.58. The second-order valence-electron chi connectivity index (χ2n) is 2.10. The molecule has 0 aromatic heterocycles. The molecule has 0 aromatic carbocycles. The molecule has 0 saturated carbocycles. The Bertz CT molecular complexity index is 131. The molecule has 0 aliphatic rings. The first kappa shape index (κ1) is 11.9. The Morgan fingerprint density at radius 2 is 2.17 bits per heavy atom. The molecule has 0 heterocycles. The van der Waals surface area contributed by atoms with Crippen LogP contribution in [0.2, 0.25) is 0 Å². The van der Waals surface area contributed by atoms with Crippen molar-refractivity contribution in [2.24, 2.45) is 0 Å². The van der Waals surface area contributed by atoms with Gasteiger partial charge < -0.3 is 24.3 Å². The second kappa shape index (κ2) is 6.38. The molecule has 0 amide bonds. The van der Waals surface area contributed by atoms with Crippen molar-refractivity contribution in [3.63, 3.8) is 0 Å². The predicted molar refractivity (Wildman–Crippen MR) is 43.6 cm³/mol. The van der Waals surface area contributed by atoms with Gasteiger partial charge in [0, 0.05) is 6.26 Å².